The van der Waals surface area contributed by atoms with Gasteiger partial charge in [0, 0.05) is 12.8 Å². The Bertz CT molecular complexity index is 362. The van der Waals surface area contributed by atoms with Crippen molar-refractivity contribution < 1.29 is 38.0 Å². The summed E-state index contributed by atoms with van der Waals surface area (Å²) in [7, 11) is 0. The van der Waals surface area contributed by atoms with Crippen molar-refractivity contribution in [1.82, 2.24) is 0 Å². The van der Waals surface area contributed by atoms with Gasteiger partial charge in [0.05, 0.1) is 52.9 Å². The van der Waals surface area contributed by atoms with Crippen molar-refractivity contribution >= 4 is 11.9 Å². The molecule has 0 heterocycles. The van der Waals surface area contributed by atoms with Gasteiger partial charge in [-0.15, -0.1) is 0 Å². The molecule has 0 atom stereocenters. The van der Waals surface area contributed by atoms with E-state index in [1.807, 2.05) is 6.92 Å². The Kier molecular flexibility index (Phi) is 21.1. The van der Waals surface area contributed by atoms with Crippen LogP contribution >= 0.6 is 0 Å². The van der Waals surface area contributed by atoms with Crippen molar-refractivity contribution in [2.75, 3.05) is 66.1 Å². The molecule has 0 rings (SSSR count). The van der Waals surface area contributed by atoms with Gasteiger partial charge >= 0.3 is 11.9 Å². The summed E-state index contributed by atoms with van der Waals surface area (Å²) in [5.74, 6) is -0.348. The first kappa shape index (κ1) is 26.8. The van der Waals surface area contributed by atoms with Crippen LogP contribution in [0.15, 0.2) is 0 Å². The minimum atomic E-state index is -0.188. The van der Waals surface area contributed by atoms with Crippen molar-refractivity contribution in [3.8, 4) is 0 Å². The second kappa shape index (κ2) is 22.1. The zero-order valence-electron chi connectivity index (χ0n) is 17.6. The summed E-state index contributed by atoms with van der Waals surface area (Å²) in [5.41, 5.74) is 0. The lowest BCUT2D eigenvalue weighted by atomic mass is 10.2. The fourth-order valence-electron chi connectivity index (χ4n) is 2.06. The monoisotopic (exact) mass is 406 g/mol. The van der Waals surface area contributed by atoms with E-state index in [-0.39, 0.29) is 25.2 Å². The zero-order valence-corrected chi connectivity index (χ0v) is 17.6. The van der Waals surface area contributed by atoms with Crippen LogP contribution < -0.4 is 0 Å². The number of carbonyl (C=O) groups is 2. The lowest BCUT2D eigenvalue weighted by Gasteiger charge is -2.08. The summed E-state index contributed by atoms with van der Waals surface area (Å²) in [6, 6.07) is 0. The smallest absolute Gasteiger partial charge is 0.305 e. The molecule has 0 spiro atoms. The third-order valence-corrected chi connectivity index (χ3v) is 3.54. The number of hydrogen-bond acceptors (Lipinski definition) is 8. The average molecular weight is 407 g/mol. The van der Waals surface area contributed by atoms with Crippen LogP contribution in [0.25, 0.3) is 0 Å². The largest absolute Gasteiger partial charge is 0.463 e. The standard InChI is InChI=1S/C20H38O8/c1-3-5-6-8-20(22)28-18-16-26-14-12-24-10-9-23-11-13-25-15-17-27-19(21)7-4-2/h3-18H2,1-2H3. The van der Waals surface area contributed by atoms with Crippen LogP contribution in [0.1, 0.15) is 52.4 Å². The highest BCUT2D eigenvalue weighted by Gasteiger charge is 2.02. The molecule has 0 unspecified atom stereocenters. The van der Waals surface area contributed by atoms with Gasteiger partial charge in [0.25, 0.3) is 0 Å². The number of hydrogen-bond donors (Lipinski definition) is 0. The molecule has 0 aromatic heterocycles. The Morgan fingerprint density at radius 2 is 0.893 bits per heavy atom. The first-order chi connectivity index (χ1) is 13.7. The number of unbranched alkanes of at least 4 members (excludes halogenated alkanes) is 2. The van der Waals surface area contributed by atoms with Gasteiger partial charge in [-0.3, -0.25) is 9.59 Å². The summed E-state index contributed by atoms with van der Waals surface area (Å²) in [6.45, 7) is 8.13. The summed E-state index contributed by atoms with van der Waals surface area (Å²) in [5, 5.41) is 0. The maximum absolute atomic E-state index is 11.4. The van der Waals surface area contributed by atoms with E-state index in [2.05, 4.69) is 6.92 Å². The third-order valence-electron chi connectivity index (χ3n) is 3.54. The second-order valence-corrected chi connectivity index (χ2v) is 6.10. The maximum atomic E-state index is 11.4. The number of esters is 2. The number of ether oxygens (including phenoxy) is 6. The molecule has 0 aromatic rings. The van der Waals surface area contributed by atoms with Crippen molar-refractivity contribution in [3.05, 3.63) is 0 Å². The van der Waals surface area contributed by atoms with Crippen LogP contribution in [0.5, 0.6) is 0 Å². The van der Waals surface area contributed by atoms with E-state index in [0.29, 0.717) is 65.7 Å². The first-order valence-corrected chi connectivity index (χ1v) is 10.3. The Morgan fingerprint density at radius 3 is 1.29 bits per heavy atom. The summed E-state index contributed by atoms with van der Waals surface area (Å²) < 4.78 is 31.4. The van der Waals surface area contributed by atoms with E-state index < -0.39 is 0 Å². The maximum Gasteiger partial charge on any atom is 0.305 e. The van der Waals surface area contributed by atoms with Gasteiger partial charge in [-0.2, -0.15) is 0 Å². The van der Waals surface area contributed by atoms with Crippen molar-refractivity contribution in [2.45, 2.75) is 52.4 Å². The molecule has 0 saturated heterocycles. The van der Waals surface area contributed by atoms with Crippen LogP contribution in [0.4, 0.5) is 0 Å². The Balaban J connectivity index is 3.12. The van der Waals surface area contributed by atoms with Gasteiger partial charge in [0.1, 0.15) is 13.2 Å². The van der Waals surface area contributed by atoms with Crippen molar-refractivity contribution in [3.63, 3.8) is 0 Å². The Morgan fingerprint density at radius 1 is 0.500 bits per heavy atom. The molecule has 28 heavy (non-hydrogen) atoms. The molecular weight excluding hydrogens is 368 g/mol. The van der Waals surface area contributed by atoms with Gasteiger partial charge in [-0.1, -0.05) is 26.7 Å². The molecule has 8 nitrogen and oxygen atoms in total. The molecule has 8 heteroatoms. The minimum absolute atomic E-state index is 0.160. The Hall–Kier alpha value is -1.22. The van der Waals surface area contributed by atoms with Gasteiger partial charge < -0.3 is 28.4 Å². The summed E-state index contributed by atoms with van der Waals surface area (Å²) in [4.78, 5) is 22.5. The molecule has 0 aliphatic heterocycles. The number of rotatable bonds is 21. The van der Waals surface area contributed by atoms with Crippen molar-refractivity contribution in [2.24, 2.45) is 0 Å². The molecule has 0 aliphatic rings. The van der Waals surface area contributed by atoms with E-state index in [0.717, 1.165) is 25.7 Å². The third kappa shape index (κ3) is 21.1. The first-order valence-electron chi connectivity index (χ1n) is 10.3. The molecule has 0 amide bonds. The summed E-state index contributed by atoms with van der Waals surface area (Å²) in [6.07, 6.45) is 4.74. The lowest BCUT2D eigenvalue weighted by molar-refractivity contribution is -0.146. The van der Waals surface area contributed by atoms with E-state index in [4.69, 9.17) is 28.4 Å². The molecule has 0 saturated carbocycles. The molecule has 0 aliphatic carbocycles. The van der Waals surface area contributed by atoms with Gasteiger partial charge in [-0.05, 0) is 12.8 Å². The fourth-order valence-corrected chi connectivity index (χ4v) is 2.06. The van der Waals surface area contributed by atoms with E-state index in [9.17, 15) is 9.59 Å². The van der Waals surface area contributed by atoms with Crippen molar-refractivity contribution in [1.29, 1.82) is 0 Å². The van der Waals surface area contributed by atoms with Gasteiger partial charge in [-0.25, -0.2) is 0 Å². The van der Waals surface area contributed by atoms with Crippen LogP contribution in [0.3, 0.4) is 0 Å². The zero-order chi connectivity index (χ0) is 20.7. The molecule has 0 bridgehead atoms. The van der Waals surface area contributed by atoms with Gasteiger partial charge in [0.2, 0.25) is 0 Å². The Labute approximate surface area is 169 Å². The predicted molar refractivity (Wildman–Crippen MR) is 104 cm³/mol. The molecule has 0 N–H and O–H groups in total. The average Bonchev–Trinajstić information content (AvgIpc) is 2.68. The normalized spacial score (nSPS) is 10.8. The molecular formula is C20H38O8. The molecule has 0 aromatic carbocycles. The molecule has 0 fully saturated rings. The topological polar surface area (TPSA) is 89.5 Å². The van der Waals surface area contributed by atoms with E-state index in [1.54, 1.807) is 0 Å². The highest BCUT2D eigenvalue weighted by Crippen LogP contribution is 2.00. The van der Waals surface area contributed by atoms with Crippen LogP contribution in [0, 0.1) is 0 Å². The molecule has 166 valence electrons. The fraction of sp³-hybridized carbons (Fsp3) is 0.900. The lowest BCUT2D eigenvalue weighted by Crippen LogP contribution is -2.15. The molecule has 0 radical (unpaired) electrons. The second-order valence-electron chi connectivity index (χ2n) is 6.10. The van der Waals surface area contributed by atoms with Crippen LogP contribution in [-0.2, 0) is 38.0 Å². The van der Waals surface area contributed by atoms with E-state index >= 15 is 0 Å². The van der Waals surface area contributed by atoms with Gasteiger partial charge in [0.15, 0.2) is 0 Å². The highest BCUT2D eigenvalue weighted by molar-refractivity contribution is 5.69. The quantitative estimate of drug-likeness (QED) is 0.212. The number of carbonyl (C=O) groups excluding carboxylic acids is 2. The van der Waals surface area contributed by atoms with Crippen LogP contribution in [-0.4, -0.2) is 78.0 Å². The predicted octanol–water partition coefficient (Wildman–Crippen LogP) is 2.52. The SMILES string of the molecule is CCCCCC(=O)OCCOCCOCCOCCOCCOC(=O)CCC. The summed E-state index contributed by atoms with van der Waals surface area (Å²) >= 11 is 0. The van der Waals surface area contributed by atoms with Crippen LogP contribution in [0.2, 0.25) is 0 Å². The minimum Gasteiger partial charge on any atom is -0.463 e. The highest BCUT2D eigenvalue weighted by atomic mass is 16.6. The van der Waals surface area contributed by atoms with E-state index in [1.165, 1.54) is 0 Å².